The minimum atomic E-state index is -0.840. The summed E-state index contributed by atoms with van der Waals surface area (Å²) in [4.78, 5) is 12.2. The van der Waals surface area contributed by atoms with E-state index in [0.29, 0.717) is 24.3 Å². The van der Waals surface area contributed by atoms with E-state index in [2.05, 4.69) is 18.3 Å². The Balaban J connectivity index is 2.23. The SMILES string of the molecule is CCc1ccc(OC)c(NC(=O)C2(C#N)CCC2)c1. The number of methoxy groups -OCH3 is 1. The van der Waals surface area contributed by atoms with Crippen LogP contribution in [0.2, 0.25) is 0 Å². The highest BCUT2D eigenvalue weighted by molar-refractivity contribution is 5.99. The van der Waals surface area contributed by atoms with Gasteiger partial charge in [-0.2, -0.15) is 5.26 Å². The van der Waals surface area contributed by atoms with Gasteiger partial charge >= 0.3 is 0 Å². The van der Waals surface area contributed by atoms with Crippen LogP contribution < -0.4 is 10.1 Å². The normalized spacial score (nSPS) is 16.1. The van der Waals surface area contributed by atoms with Gasteiger partial charge in [-0.25, -0.2) is 0 Å². The molecule has 1 amide bonds. The molecule has 100 valence electrons. The molecule has 0 spiro atoms. The predicted molar refractivity (Wildman–Crippen MR) is 72.9 cm³/mol. The second kappa shape index (κ2) is 5.31. The standard InChI is InChI=1S/C15H18N2O2/c1-3-11-5-6-13(19-2)12(9-11)17-14(18)15(10-16)7-4-8-15/h5-6,9H,3-4,7-8H2,1-2H3,(H,17,18). The van der Waals surface area contributed by atoms with E-state index in [1.165, 1.54) is 0 Å². The van der Waals surface area contributed by atoms with E-state index < -0.39 is 5.41 Å². The Kier molecular flexibility index (Phi) is 3.75. The largest absolute Gasteiger partial charge is 0.495 e. The number of carbonyl (C=O) groups excluding carboxylic acids is 1. The second-order valence-corrected chi connectivity index (χ2v) is 4.89. The Morgan fingerprint density at radius 3 is 2.74 bits per heavy atom. The average Bonchev–Trinajstić information content (AvgIpc) is 2.38. The molecule has 1 aromatic rings. The molecule has 0 aliphatic heterocycles. The maximum absolute atomic E-state index is 12.2. The first kappa shape index (κ1) is 13.4. The van der Waals surface area contributed by atoms with Gasteiger partial charge in [0, 0.05) is 0 Å². The van der Waals surface area contributed by atoms with Crippen LogP contribution in [0.4, 0.5) is 5.69 Å². The Morgan fingerprint density at radius 1 is 1.53 bits per heavy atom. The van der Waals surface area contributed by atoms with Crippen LogP contribution in [0.25, 0.3) is 0 Å². The number of anilines is 1. The monoisotopic (exact) mass is 258 g/mol. The highest BCUT2D eigenvalue weighted by atomic mass is 16.5. The lowest BCUT2D eigenvalue weighted by Gasteiger charge is -2.33. The summed E-state index contributed by atoms with van der Waals surface area (Å²) >= 11 is 0. The van der Waals surface area contributed by atoms with E-state index in [9.17, 15) is 10.1 Å². The number of amides is 1. The summed E-state index contributed by atoms with van der Waals surface area (Å²) in [6, 6.07) is 7.86. The zero-order valence-corrected chi connectivity index (χ0v) is 11.3. The van der Waals surface area contributed by atoms with Crippen molar-refractivity contribution in [2.75, 3.05) is 12.4 Å². The number of carbonyl (C=O) groups is 1. The third-order valence-corrected chi connectivity index (χ3v) is 3.78. The van der Waals surface area contributed by atoms with Crippen molar-refractivity contribution in [1.29, 1.82) is 5.26 Å². The van der Waals surface area contributed by atoms with E-state index in [1.54, 1.807) is 7.11 Å². The first-order valence-electron chi connectivity index (χ1n) is 6.55. The summed E-state index contributed by atoms with van der Waals surface area (Å²) in [6.45, 7) is 2.05. The number of benzene rings is 1. The van der Waals surface area contributed by atoms with Gasteiger partial charge in [0.2, 0.25) is 5.91 Å². The van der Waals surface area contributed by atoms with Crippen molar-refractivity contribution in [2.24, 2.45) is 5.41 Å². The molecular weight excluding hydrogens is 240 g/mol. The van der Waals surface area contributed by atoms with Crippen molar-refractivity contribution in [1.82, 2.24) is 0 Å². The highest BCUT2D eigenvalue weighted by Gasteiger charge is 2.44. The Hall–Kier alpha value is -2.02. The molecule has 1 saturated carbocycles. The number of nitrogens with one attached hydrogen (secondary N) is 1. The van der Waals surface area contributed by atoms with Gasteiger partial charge < -0.3 is 10.1 Å². The minimum absolute atomic E-state index is 0.215. The molecule has 19 heavy (non-hydrogen) atoms. The summed E-state index contributed by atoms with van der Waals surface area (Å²) in [5.74, 6) is 0.408. The van der Waals surface area contributed by atoms with Gasteiger partial charge in [-0.3, -0.25) is 4.79 Å². The van der Waals surface area contributed by atoms with Gasteiger partial charge in [-0.1, -0.05) is 13.0 Å². The lowest BCUT2D eigenvalue weighted by Crippen LogP contribution is -2.40. The van der Waals surface area contributed by atoms with Crippen LogP contribution in [0, 0.1) is 16.7 Å². The predicted octanol–water partition coefficient (Wildman–Crippen LogP) is 2.89. The molecule has 1 aromatic carbocycles. The fourth-order valence-electron chi connectivity index (χ4n) is 2.23. The van der Waals surface area contributed by atoms with Crippen LogP contribution in [-0.2, 0) is 11.2 Å². The second-order valence-electron chi connectivity index (χ2n) is 4.89. The van der Waals surface area contributed by atoms with Crippen LogP contribution >= 0.6 is 0 Å². The number of rotatable bonds is 4. The van der Waals surface area contributed by atoms with E-state index in [4.69, 9.17) is 4.74 Å². The smallest absolute Gasteiger partial charge is 0.244 e. The molecule has 4 heteroatoms. The third-order valence-electron chi connectivity index (χ3n) is 3.78. The van der Waals surface area contributed by atoms with Crippen molar-refractivity contribution < 1.29 is 9.53 Å². The Labute approximate surface area is 113 Å². The lowest BCUT2D eigenvalue weighted by atomic mass is 9.69. The number of hydrogen-bond donors (Lipinski definition) is 1. The van der Waals surface area contributed by atoms with Gasteiger partial charge in [-0.05, 0) is 43.4 Å². The summed E-state index contributed by atoms with van der Waals surface area (Å²) in [5.41, 5.74) is 0.928. The topological polar surface area (TPSA) is 62.1 Å². The summed E-state index contributed by atoms with van der Waals surface area (Å²) in [6.07, 6.45) is 3.11. The molecule has 0 radical (unpaired) electrons. The molecule has 1 aliphatic carbocycles. The third kappa shape index (κ3) is 2.41. The van der Waals surface area contributed by atoms with Crippen molar-refractivity contribution in [3.8, 4) is 11.8 Å². The molecule has 1 N–H and O–H groups in total. The van der Waals surface area contributed by atoms with Gasteiger partial charge in [0.15, 0.2) is 0 Å². The highest BCUT2D eigenvalue weighted by Crippen LogP contribution is 2.41. The maximum atomic E-state index is 12.2. The fourth-order valence-corrected chi connectivity index (χ4v) is 2.23. The maximum Gasteiger partial charge on any atom is 0.244 e. The van der Waals surface area contributed by atoms with Crippen molar-refractivity contribution in [3.63, 3.8) is 0 Å². The molecule has 0 aromatic heterocycles. The molecule has 0 atom stereocenters. The van der Waals surface area contributed by atoms with Crippen LogP contribution in [0.5, 0.6) is 5.75 Å². The zero-order chi connectivity index (χ0) is 13.9. The summed E-state index contributed by atoms with van der Waals surface area (Å²) in [7, 11) is 1.57. The molecule has 1 aliphatic rings. The summed E-state index contributed by atoms with van der Waals surface area (Å²) in [5, 5.41) is 12.0. The number of nitriles is 1. The van der Waals surface area contributed by atoms with Gasteiger partial charge in [-0.15, -0.1) is 0 Å². The van der Waals surface area contributed by atoms with Crippen LogP contribution in [0.15, 0.2) is 18.2 Å². The molecule has 0 saturated heterocycles. The number of hydrogen-bond acceptors (Lipinski definition) is 3. The van der Waals surface area contributed by atoms with Crippen molar-refractivity contribution in [3.05, 3.63) is 23.8 Å². The lowest BCUT2D eigenvalue weighted by molar-refractivity contribution is -0.126. The van der Waals surface area contributed by atoms with Gasteiger partial charge in [0.25, 0.3) is 0 Å². The quantitative estimate of drug-likeness (QED) is 0.903. The van der Waals surface area contributed by atoms with Crippen molar-refractivity contribution >= 4 is 11.6 Å². The molecule has 0 bridgehead atoms. The first-order chi connectivity index (χ1) is 9.15. The van der Waals surface area contributed by atoms with Crippen LogP contribution in [0.1, 0.15) is 31.7 Å². The fraction of sp³-hybridized carbons (Fsp3) is 0.467. The molecule has 0 heterocycles. The first-order valence-corrected chi connectivity index (χ1v) is 6.55. The number of ether oxygens (including phenoxy) is 1. The minimum Gasteiger partial charge on any atom is -0.495 e. The zero-order valence-electron chi connectivity index (χ0n) is 11.3. The molecule has 0 unspecified atom stereocenters. The molecule has 1 fully saturated rings. The van der Waals surface area contributed by atoms with E-state index in [-0.39, 0.29) is 5.91 Å². The van der Waals surface area contributed by atoms with E-state index in [1.807, 2.05) is 18.2 Å². The molecular formula is C15H18N2O2. The molecule has 4 nitrogen and oxygen atoms in total. The van der Waals surface area contributed by atoms with Gasteiger partial charge in [0.05, 0.1) is 18.9 Å². The van der Waals surface area contributed by atoms with Crippen LogP contribution in [-0.4, -0.2) is 13.0 Å². The van der Waals surface area contributed by atoms with E-state index >= 15 is 0 Å². The van der Waals surface area contributed by atoms with Gasteiger partial charge in [0.1, 0.15) is 11.2 Å². The molecule has 2 rings (SSSR count). The van der Waals surface area contributed by atoms with Crippen molar-refractivity contribution in [2.45, 2.75) is 32.6 Å². The number of nitrogens with zero attached hydrogens (tertiary/aromatic N) is 1. The Bertz CT molecular complexity index is 527. The summed E-state index contributed by atoms with van der Waals surface area (Å²) < 4.78 is 5.25. The van der Waals surface area contributed by atoms with E-state index in [0.717, 1.165) is 18.4 Å². The Morgan fingerprint density at radius 2 is 2.26 bits per heavy atom. The van der Waals surface area contributed by atoms with Crippen LogP contribution in [0.3, 0.4) is 0 Å². The number of aryl methyl sites for hydroxylation is 1. The average molecular weight is 258 g/mol.